The number of ether oxygens (including phenoxy) is 1. The molecule has 2 N–H and O–H groups in total. The summed E-state index contributed by atoms with van der Waals surface area (Å²) in [6, 6.07) is 8.79. The van der Waals surface area contributed by atoms with Crippen molar-refractivity contribution in [2.75, 3.05) is 0 Å². The molecule has 0 unspecified atom stereocenters. The lowest BCUT2D eigenvalue weighted by molar-refractivity contribution is 0.485. The summed E-state index contributed by atoms with van der Waals surface area (Å²) in [5, 5.41) is 1.41. The van der Waals surface area contributed by atoms with E-state index >= 15 is 0 Å². The van der Waals surface area contributed by atoms with Crippen LogP contribution >= 0.6 is 23.8 Å². The molecule has 2 heterocycles. The molecular formula is C14H9ClN2O2S. The molecule has 0 bridgehead atoms. The van der Waals surface area contributed by atoms with Gasteiger partial charge in [-0.2, -0.15) is 0 Å². The van der Waals surface area contributed by atoms with Crippen molar-refractivity contribution in [2.45, 2.75) is 0 Å². The zero-order chi connectivity index (χ0) is 14.1. The number of thiocarbonyl (C=S) groups is 1. The summed E-state index contributed by atoms with van der Waals surface area (Å²) in [5.41, 5.74) is 6.13. The molecule has 0 aliphatic carbocycles. The van der Waals surface area contributed by atoms with E-state index in [0.717, 1.165) is 5.39 Å². The van der Waals surface area contributed by atoms with E-state index < -0.39 is 0 Å². The first-order valence-corrected chi connectivity index (χ1v) is 6.53. The average Bonchev–Trinajstić information content (AvgIpc) is 2.87. The Morgan fingerprint density at radius 2 is 2.00 bits per heavy atom. The number of nitrogens with two attached hydrogens (primary N) is 1. The van der Waals surface area contributed by atoms with Crippen molar-refractivity contribution < 1.29 is 9.15 Å². The Morgan fingerprint density at radius 3 is 2.70 bits per heavy atom. The lowest BCUT2D eigenvalue weighted by Gasteiger charge is -2.05. The van der Waals surface area contributed by atoms with Crippen LogP contribution in [0, 0.1) is 0 Å². The van der Waals surface area contributed by atoms with Crippen LogP contribution < -0.4 is 10.5 Å². The van der Waals surface area contributed by atoms with E-state index in [4.69, 9.17) is 38.7 Å². The number of hydrogen-bond donors (Lipinski definition) is 1. The van der Waals surface area contributed by atoms with Crippen LogP contribution in [0.3, 0.4) is 0 Å². The van der Waals surface area contributed by atoms with Gasteiger partial charge >= 0.3 is 0 Å². The van der Waals surface area contributed by atoms with Crippen LogP contribution in [0.4, 0.5) is 0 Å². The SMILES string of the molecule is NC(=S)c1cc2c(Oc3ccc(Cl)cc3)cncc2o1. The van der Waals surface area contributed by atoms with Crippen LogP contribution in [0.15, 0.2) is 47.1 Å². The predicted octanol–water partition coefficient (Wildman–Crippen LogP) is 3.91. The van der Waals surface area contributed by atoms with Crippen LogP contribution in [0.5, 0.6) is 11.5 Å². The quantitative estimate of drug-likeness (QED) is 0.743. The van der Waals surface area contributed by atoms with E-state index in [9.17, 15) is 0 Å². The molecule has 3 aromatic rings. The topological polar surface area (TPSA) is 61.3 Å². The highest BCUT2D eigenvalue weighted by Gasteiger charge is 2.11. The maximum Gasteiger partial charge on any atom is 0.162 e. The van der Waals surface area contributed by atoms with Crippen molar-refractivity contribution in [1.29, 1.82) is 0 Å². The van der Waals surface area contributed by atoms with E-state index in [2.05, 4.69) is 4.98 Å². The third-order valence-corrected chi connectivity index (χ3v) is 3.15. The molecule has 0 amide bonds. The van der Waals surface area contributed by atoms with Gasteiger partial charge in [0.05, 0.1) is 17.8 Å². The molecule has 100 valence electrons. The summed E-state index contributed by atoms with van der Waals surface area (Å²) in [7, 11) is 0. The molecule has 2 aromatic heterocycles. The molecule has 1 aromatic carbocycles. The lowest BCUT2D eigenvalue weighted by atomic mass is 10.3. The first-order valence-electron chi connectivity index (χ1n) is 5.74. The van der Waals surface area contributed by atoms with E-state index in [1.165, 1.54) is 0 Å². The third-order valence-electron chi connectivity index (χ3n) is 2.69. The number of pyridine rings is 1. The van der Waals surface area contributed by atoms with Gasteiger partial charge in [0, 0.05) is 5.02 Å². The molecule has 0 fully saturated rings. The fraction of sp³-hybridized carbons (Fsp3) is 0. The highest BCUT2D eigenvalue weighted by Crippen LogP contribution is 2.31. The monoisotopic (exact) mass is 304 g/mol. The summed E-state index contributed by atoms with van der Waals surface area (Å²) >= 11 is 10.7. The molecule has 0 aliphatic heterocycles. The Hall–Kier alpha value is -2.11. The molecule has 0 spiro atoms. The van der Waals surface area contributed by atoms with Gasteiger partial charge in [0.15, 0.2) is 17.1 Å². The minimum atomic E-state index is 0.193. The first-order chi connectivity index (χ1) is 9.63. The second-order valence-corrected chi connectivity index (χ2v) is 4.96. The van der Waals surface area contributed by atoms with E-state index in [1.807, 2.05) is 0 Å². The Morgan fingerprint density at radius 1 is 1.25 bits per heavy atom. The van der Waals surface area contributed by atoms with Gasteiger partial charge in [-0.05, 0) is 30.3 Å². The summed E-state index contributed by atoms with van der Waals surface area (Å²) in [6.45, 7) is 0. The molecule has 6 heteroatoms. The fourth-order valence-electron chi connectivity index (χ4n) is 1.77. The zero-order valence-electron chi connectivity index (χ0n) is 10.2. The number of aromatic nitrogens is 1. The lowest BCUT2D eigenvalue weighted by Crippen LogP contribution is -2.07. The molecule has 0 atom stereocenters. The molecule has 0 radical (unpaired) electrons. The Kier molecular flexibility index (Phi) is 3.30. The smallest absolute Gasteiger partial charge is 0.162 e. The second-order valence-electron chi connectivity index (χ2n) is 4.08. The number of benzene rings is 1. The van der Waals surface area contributed by atoms with Crippen LogP contribution in [-0.2, 0) is 0 Å². The van der Waals surface area contributed by atoms with Crippen molar-refractivity contribution >= 4 is 39.8 Å². The second kappa shape index (κ2) is 5.11. The largest absolute Gasteiger partial charge is 0.455 e. The predicted molar refractivity (Wildman–Crippen MR) is 81.4 cm³/mol. The minimum Gasteiger partial charge on any atom is -0.455 e. The Labute approximate surface area is 125 Å². The van der Waals surface area contributed by atoms with Gasteiger partial charge in [0.25, 0.3) is 0 Å². The van der Waals surface area contributed by atoms with Crippen molar-refractivity contribution in [3.05, 3.63) is 53.5 Å². The molecule has 4 nitrogen and oxygen atoms in total. The number of hydrogen-bond acceptors (Lipinski definition) is 4. The summed E-state index contributed by atoms with van der Waals surface area (Å²) in [5.74, 6) is 1.65. The highest BCUT2D eigenvalue weighted by atomic mass is 35.5. The number of halogens is 1. The van der Waals surface area contributed by atoms with Crippen LogP contribution in [-0.4, -0.2) is 9.97 Å². The van der Waals surface area contributed by atoms with E-state index in [0.29, 0.717) is 27.9 Å². The molecular weight excluding hydrogens is 296 g/mol. The minimum absolute atomic E-state index is 0.193. The molecule has 20 heavy (non-hydrogen) atoms. The van der Waals surface area contributed by atoms with Gasteiger partial charge in [-0.3, -0.25) is 4.98 Å². The zero-order valence-corrected chi connectivity index (χ0v) is 11.7. The number of rotatable bonds is 3. The molecule has 0 saturated heterocycles. The third kappa shape index (κ3) is 2.45. The summed E-state index contributed by atoms with van der Waals surface area (Å²) in [4.78, 5) is 4.26. The Bertz CT molecular complexity index is 783. The maximum absolute atomic E-state index is 5.84. The summed E-state index contributed by atoms with van der Waals surface area (Å²) < 4.78 is 11.3. The molecule has 3 rings (SSSR count). The standard InChI is InChI=1S/C14H9ClN2O2S/c15-8-1-3-9(4-2-8)18-12-6-17-7-13-10(12)5-11(19-13)14(16)20/h1-7H,(H2,16,20). The Balaban J connectivity index is 2.02. The fourth-order valence-corrected chi connectivity index (χ4v) is 1.99. The van der Waals surface area contributed by atoms with Crippen molar-refractivity contribution in [1.82, 2.24) is 4.98 Å². The van der Waals surface area contributed by atoms with Crippen LogP contribution in [0.25, 0.3) is 11.0 Å². The highest BCUT2D eigenvalue weighted by molar-refractivity contribution is 7.80. The van der Waals surface area contributed by atoms with Gasteiger partial charge < -0.3 is 14.9 Å². The van der Waals surface area contributed by atoms with Crippen LogP contribution in [0.1, 0.15) is 5.76 Å². The number of furan rings is 1. The average molecular weight is 305 g/mol. The van der Waals surface area contributed by atoms with Crippen molar-refractivity contribution in [3.63, 3.8) is 0 Å². The number of fused-ring (bicyclic) bond motifs is 1. The first kappa shape index (κ1) is 12.9. The molecule has 0 aliphatic rings. The van der Waals surface area contributed by atoms with E-state index in [1.54, 1.807) is 42.7 Å². The van der Waals surface area contributed by atoms with Gasteiger partial charge in [-0.15, -0.1) is 0 Å². The maximum atomic E-state index is 5.84. The van der Waals surface area contributed by atoms with Gasteiger partial charge in [-0.1, -0.05) is 23.8 Å². The molecule has 0 saturated carbocycles. The number of nitrogens with zero attached hydrogens (tertiary/aromatic N) is 1. The van der Waals surface area contributed by atoms with Crippen molar-refractivity contribution in [3.8, 4) is 11.5 Å². The summed E-state index contributed by atoms with van der Waals surface area (Å²) in [6.07, 6.45) is 3.20. The van der Waals surface area contributed by atoms with Gasteiger partial charge in [0.1, 0.15) is 10.7 Å². The van der Waals surface area contributed by atoms with Gasteiger partial charge in [0.2, 0.25) is 0 Å². The normalized spacial score (nSPS) is 10.7. The van der Waals surface area contributed by atoms with Crippen molar-refractivity contribution in [2.24, 2.45) is 5.73 Å². The van der Waals surface area contributed by atoms with Crippen LogP contribution in [0.2, 0.25) is 5.02 Å². The van der Waals surface area contributed by atoms with E-state index in [-0.39, 0.29) is 4.99 Å². The van der Waals surface area contributed by atoms with Gasteiger partial charge in [-0.25, -0.2) is 0 Å².